The van der Waals surface area contributed by atoms with Crippen LogP contribution in [0.1, 0.15) is 16.7 Å². The Bertz CT molecular complexity index is 668. The minimum atomic E-state index is 0. The quantitative estimate of drug-likeness (QED) is 0.815. The van der Waals surface area contributed by atoms with E-state index in [9.17, 15) is 0 Å². The molecular weight excluding hydrogens is 310 g/mol. The molecule has 1 aliphatic heterocycles. The van der Waals surface area contributed by atoms with Gasteiger partial charge in [0.1, 0.15) is 0 Å². The summed E-state index contributed by atoms with van der Waals surface area (Å²) in [5, 5.41) is 0. The van der Waals surface area contributed by atoms with Gasteiger partial charge in [-0.3, -0.25) is 4.90 Å². The highest BCUT2D eigenvalue weighted by molar-refractivity contribution is 5.85. The lowest BCUT2D eigenvalue weighted by Gasteiger charge is -2.14. The highest BCUT2D eigenvalue weighted by atomic mass is 35.5. The second-order valence-corrected chi connectivity index (χ2v) is 5.70. The van der Waals surface area contributed by atoms with Crippen LogP contribution in [0.5, 0.6) is 11.5 Å². The van der Waals surface area contributed by atoms with Crippen LogP contribution in [0.15, 0.2) is 48.5 Å². The Kier molecular flexibility index (Phi) is 6.08. The van der Waals surface area contributed by atoms with E-state index in [0.29, 0.717) is 6.79 Å². The van der Waals surface area contributed by atoms with Crippen molar-refractivity contribution in [2.75, 3.05) is 20.4 Å². The Labute approximate surface area is 143 Å². The fourth-order valence-corrected chi connectivity index (χ4v) is 2.46. The maximum Gasteiger partial charge on any atom is 0.231 e. The fraction of sp³-hybridized carbons (Fsp3) is 0.263. The Morgan fingerprint density at radius 1 is 1.04 bits per heavy atom. The van der Waals surface area contributed by atoms with Crippen LogP contribution in [0.25, 0.3) is 6.08 Å². The first-order valence-electron chi connectivity index (χ1n) is 7.51. The lowest BCUT2D eigenvalue weighted by atomic mass is 10.1. The number of rotatable bonds is 5. The fourth-order valence-electron chi connectivity index (χ4n) is 2.46. The molecular formula is C19H22ClNO2. The first-order valence-corrected chi connectivity index (χ1v) is 7.51. The molecule has 0 aromatic heterocycles. The van der Waals surface area contributed by atoms with Crippen LogP contribution >= 0.6 is 12.4 Å². The Morgan fingerprint density at radius 3 is 2.57 bits per heavy atom. The summed E-state index contributed by atoms with van der Waals surface area (Å²) in [6.45, 7) is 4.22. The van der Waals surface area contributed by atoms with Crippen molar-refractivity contribution in [2.45, 2.75) is 13.5 Å². The molecule has 3 nitrogen and oxygen atoms in total. The number of fused-ring (bicyclic) bond motifs is 1. The predicted octanol–water partition coefficient (Wildman–Crippen LogP) is 4.29. The van der Waals surface area contributed by atoms with Crippen molar-refractivity contribution in [1.82, 2.24) is 4.90 Å². The van der Waals surface area contributed by atoms with Gasteiger partial charge in [0.15, 0.2) is 11.5 Å². The van der Waals surface area contributed by atoms with E-state index >= 15 is 0 Å². The van der Waals surface area contributed by atoms with Gasteiger partial charge >= 0.3 is 0 Å². The zero-order valence-electron chi connectivity index (χ0n) is 13.5. The minimum Gasteiger partial charge on any atom is -0.454 e. The first kappa shape index (κ1) is 17.4. The third-order valence-electron chi connectivity index (χ3n) is 3.69. The second kappa shape index (κ2) is 8.04. The van der Waals surface area contributed by atoms with Gasteiger partial charge in [0.25, 0.3) is 0 Å². The van der Waals surface area contributed by atoms with E-state index < -0.39 is 0 Å². The number of halogens is 1. The Hall–Kier alpha value is -1.97. The smallest absolute Gasteiger partial charge is 0.231 e. The van der Waals surface area contributed by atoms with E-state index in [1.165, 1.54) is 16.7 Å². The first-order chi connectivity index (χ1) is 10.7. The topological polar surface area (TPSA) is 21.7 Å². The molecule has 23 heavy (non-hydrogen) atoms. The molecule has 0 spiro atoms. The van der Waals surface area contributed by atoms with Crippen LogP contribution in [-0.2, 0) is 6.54 Å². The van der Waals surface area contributed by atoms with Crippen molar-refractivity contribution < 1.29 is 9.47 Å². The van der Waals surface area contributed by atoms with E-state index in [4.69, 9.17) is 9.47 Å². The van der Waals surface area contributed by atoms with Crippen LogP contribution in [0.2, 0.25) is 0 Å². The number of hydrogen-bond donors (Lipinski definition) is 0. The average molecular weight is 332 g/mol. The molecule has 1 aliphatic rings. The summed E-state index contributed by atoms with van der Waals surface area (Å²) in [4.78, 5) is 2.27. The highest BCUT2D eigenvalue weighted by Crippen LogP contribution is 2.32. The number of aryl methyl sites for hydroxylation is 1. The predicted molar refractivity (Wildman–Crippen MR) is 96.4 cm³/mol. The molecule has 0 bridgehead atoms. The van der Waals surface area contributed by atoms with Gasteiger partial charge in [-0.1, -0.05) is 48.0 Å². The minimum absolute atomic E-state index is 0. The van der Waals surface area contributed by atoms with Gasteiger partial charge in [0.05, 0.1) is 0 Å². The summed E-state index contributed by atoms with van der Waals surface area (Å²) in [7, 11) is 2.12. The lowest BCUT2D eigenvalue weighted by Crippen LogP contribution is -2.17. The summed E-state index contributed by atoms with van der Waals surface area (Å²) in [6, 6.07) is 14.7. The number of hydrogen-bond acceptors (Lipinski definition) is 3. The van der Waals surface area contributed by atoms with Crippen molar-refractivity contribution in [3.63, 3.8) is 0 Å². The summed E-state index contributed by atoms with van der Waals surface area (Å²) < 4.78 is 10.7. The van der Waals surface area contributed by atoms with Crippen molar-refractivity contribution in [3.05, 3.63) is 65.2 Å². The van der Waals surface area contributed by atoms with Gasteiger partial charge in [-0.2, -0.15) is 0 Å². The zero-order valence-corrected chi connectivity index (χ0v) is 14.3. The Morgan fingerprint density at radius 2 is 1.78 bits per heavy atom. The molecule has 122 valence electrons. The lowest BCUT2D eigenvalue weighted by molar-refractivity contribution is 0.174. The third kappa shape index (κ3) is 4.75. The van der Waals surface area contributed by atoms with Crippen LogP contribution in [0.4, 0.5) is 0 Å². The van der Waals surface area contributed by atoms with Crippen LogP contribution in [-0.4, -0.2) is 25.3 Å². The summed E-state index contributed by atoms with van der Waals surface area (Å²) >= 11 is 0. The van der Waals surface area contributed by atoms with Crippen molar-refractivity contribution in [2.24, 2.45) is 0 Å². The molecule has 0 saturated carbocycles. The van der Waals surface area contributed by atoms with Gasteiger partial charge in [0.2, 0.25) is 6.79 Å². The summed E-state index contributed by atoms with van der Waals surface area (Å²) in [6.07, 6.45) is 4.35. The molecule has 0 saturated heterocycles. The molecule has 0 unspecified atom stereocenters. The van der Waals surface area contributed by atoms with Crippen molar-refractivity contribution in [1.29, 1.82) is 0 Å². The van der Waals surface area contributed by atoms with Crippen molar-refractivity contribution in [3.8, 4) is 11.5 Å². The van der Waals surface area contributed by atoms with Crippen LogP contribution < -0.4 is 9.47 Å². The second-order valence-electron chi connectivity index (χ2n) is 5.70. The molecule has 0 aliphatic carbocycles. The number of likely N-dealkylation sites (N-methyl/N-ethyl adjacent to an activating group) is 1. The molecule has 0 amide bonds. The SMILES string of the molecule is Cc1ccc(/C=C/CN(C)Cc2ccc3c(c2)OCO3)cc1.Cl. The van der Waals surface area contributed by atoms with Crippen LogP contribution in [0.3, 0.4) is 0 Å². The highest BCUT2D eigenvalue weighted by Gasteiger charge is 2.13. The maximum atomic E-state index is 5.41. The molecule has 0 atom stereocenters. The number of ether oxygens (including phenoxy) is 2. The third-order valence-corrected chi connectivity index (χ3v) is 3.69. The standard InChI is InChI=1S/C19H21NO2.ClH/c1-15-5-7-16(8-6-15)4-3-11-20(2)13-17-9-10-18-19(12-17)22-14-21-18;/h3-10,12H,11,13-14H2,1-2H3;1H/b4-3+;. The van der Waals surface area contributed by atoms with E-state index in [1.807, 2.05) is 6.07 Å². The van der Waals surface area contributed by atoms with Gasteiger partial charge in [-0.25, -0.2) is 0 Å². The van der Waals surface area contributed by atoms with Crippen LogP contribution in [0, 0.1) is 6.92 Å². The monoisotopic (exact) mass is 331 g/mol. The summed E-state index contributed by atoms with van der Waals surface area (Å²) in [5.41, 5.74) is 3.76. The maximum absolute atomic E-state index is 5.41. The van der Waals surface area contributed by atoms with Gasteiger partial charge in [-0.15, -0.1) is 12.4 Å². The normalized spacial score (nSPS) is 12.7. The molecule has 2 aromatic rings. The van der Waals surface area contributed by atoms with E-state index in [-0.39, 0.29) is 12.4 Å². The molecule has 0 N–H and O–H groups in total. The summed E-state index contributed by atoms with van der Waals surface area (Å²) in [5.74, 6) is 1.69. The molecule has 0 radical (unpaired) electrons. The largest absolute Gasteiger partial charge is 0.454 e. The van der Waals surface area contributed by atoms with Gasteiger partial charge < -0.3 is 9.47 Å². The average Bonchev–Trinajstić information content (AvgIpc) is 2.97. The van der Waals surface area contributed by atoms with E-state index in [0.717, 1.165) is 24.6 Å². The Balaban J connectivity index is 0.00000192. The zero-order chi connectivity index (χ0) is 15.4. The molecule has 1 heterocycles. The molecule has 4 heteroatoms. The molecule has 2 aromatic carbocycles. The molecule has 3 rings (SSSR count). The van der Waals surface area contributed by atoms with Gasteiger partial charge in [0, 0.05) is 13.1 Å². The van der Waals surface area contributed by atoms with Gasteiger partial charge in [-0.05, 0) is 37.2 Å². The van der Waals surface area contributed by atoms with Crippen molar-refractivity contribution >= 4 is 18.5 Å². The molecule has 0 fully saturated rings. The number of benzene rings is 2. The van der Waals surface area contributed by atoms with E-state index in [2.05, 4.69) is 67.4 Å². The van der Waals surface area contributed by atoms with E-state index in [1.54, 1.807) is 0 Å². The number of nitrogens with zero attached hydrogens (tertiary/aromatic N) is 1.